The van der Waals surface area contributed by atoms with Crippen LogP contribution in [0.3, 0.4) is 0 Å². The van der Waals surface area contributed by atoms with Gasteiger partial charge in [0.1, 0.15) is 15.9 Å². The molecule has 2 aromatic rings. The van der Waals surface area contributed by atoms with Crippen LogP contribution in [-0.4, -0.2) is 34.0 Å². The fourth-order valence-corrected chi connectivity index (χ4v) is 2.54. The molecule has 0 saturated carbocycles. The molecule has 0 unspecified atom stereocenters. The summed E-state index contributed by atoms with van der Waals surface area (Å²) in [5.41, 5.74) is -0.324. The summed E-state index contributed by atoms with van der Waals surface area (Å²) < 4.78 is 45.6. The van der Waals surface area contributed by atoms with Crippen molar-refractivity contribution in [2.45, 2.75) is 39.0 Å². The zero-order valence-corrected chi connectivity index (χ0v) is 16.0. The highest BCUT2D eigenvalue weighted by Gasteiger charge is 2.31. The van der Waals surface area contributed by atoms with Gasteiger partial charge in [-0.3, -0.25) is 0 Å². The number of rotatable bonds is 2. The van der Waals surface area contributed by atoms with E-state index in [1.807, 2.05) is 0 Å². The van der Waals surface area contributed by atoms with E-state index in [9.17, 15) is 18.0 Å². The van der Waals surface area contributed by atoms with Gasteiger partial charge >= 0.3 is 12.3 Å². The highest BCUT2D eigenvalue weighted by atomic mass is 79.9. The maximum absolute atomic E-state index is 12.9. The number of alkyl carbamates (subject to hydrolysis) is 1. The normalized spacial score (nSPS) is 11.8. The van der Waals surface area contributed by atoms with E-state index in [4.69, 9.17) is 4.74 Å². The van der Waals surface area contributed by atoms with Gasteiger partial charge in [0, 0.05) is 5.56 Å². The lowest BCUT2D eigenvalue weighted by molar-refractivity contribution is -0.127. The molecule has 0 radical (unpaired) electrons. The maximum atomic E-state index is 12.9. The zero-order valence-electron chi connectivity index (χ0n) is 14.4. The van der Waals surface area contributed by atoms with Crippen molar-refractivity contribution in [3.8, 4) is 11.8 Å². The van der Waals surface area contributed by atoms with Gasteiger partial charge in [0.05, 0.1) is 18.5 Å². The van der Waals surface area contributed by atoms with Gasteiger partial charge in [-0.1, -0.05) is 12.0 Å². The third-order valence-corrected chi connectivity index (χ3v) is 3.62. The predicted octanol–water partition coefficient (Wildman–Crippen LogP) is 4.08. The highest BCUT2D eigenvalue weighted by molar-refractivity contribution is 9.10. The molecular weight excluding hydrogens is 415 g/mol. The zero-order chi connectivity index (χ0) is 19.5. The molecule has 5 nitrogen and oxygen atoms in total. The molecule has 0 bridgehead atoms. The number of ether oxygens (including phenoxy) is 1. The van der Waals surface area contributed by atoms with Gasteiger partial charge in [-0.25, -0.2) is 9.31 Å². The SMILES string of the molecule is CC(C)(C)OC(=O)NCC#Cc1nn2c(Br)cccc2c1CC(F)(F)F. The summed E-state index contributed by atoms with van der Waals surface area (Å²) in [5.74, 6) is 5.20. The number of nitrogens with one attached hydrogen (secondary N) is 1. The minimum atomic E-state index is -4.39. The van der Waals surface area contributed by atoms with E-state index in [1.165, 1.54) is 4.52 Å². The molecule has 2 rings (SSSR count). The Hall–Kier alpha value is -2.21. The quantitative estimate of drug-likeness (QED) is 0.575. The number of alkyl halides is 3. The number of carbonyl (C=O) groups is 1. The lowest BCUT2D eigenvalue weighted by Crippen LogP contribution is -2.32. The predicted molar refractivity (Wildman–Crippen MR) is 93.8 cm³/mol. The van der Waals surface area contributed by atoms with Crippen LogP contribution in [-0.2, 0) is 11.2 Å². The second kappa shape index (κ2) is 7.58. The van der Waals surface area contributed by atoms with Gasteiger partial charge < -0.3 is 10.1 Å². The number of fused-ring (bicyclic) bond motifs is 1. The first kappa shape index (κ1) is 20.1. The highest BCUT2D eigenvalue weighted by Crippen LogP contribution is 2.27. The Morgan fingerprint density at radius 1 is 1.35 bits per heavy atom. The Labute approximate surface area is 157 Å². The number of nitrogens with zero attached hydrogens (tertiary/aromatic N) is 2. The molecule has 0 aromatic carbocycles. The van der Waals surface area contributed by atoms with Crippen molar-refractivity contribution < 1.29 is 22.7 Å². The molecule has 0 fully saturated rings. The van der Waals surface area contributed by atoms with E-state index in [2.05, 4.69) is 38.2 Å². The molecule has 0 aliphatic rings. The van der Waals surface area contributed by atoms with Crippen molar-refractivity contribution in [3.05, 3.63) is 34.1 Å². The lowest BCUT2D eigenvalue weighted by Gasteiger charge is -2.18. The number of amides is 1. The van der Waals surface area contributed by atoms with Crippen LogP contribution in [0.5, 0.6) is 0 Å². The second-order valence-electron chi connectivity index (χ2n) is 6.42. The van der Waals surface area contributed by atoms with E-state index in [0.717, 1.165) is 0 Å². The molecule has 140 valence electrons. The number of halogens is 4. The van der Waals surface area contributed by atoms with Crippen molar-refractivity contribution >= 4 is 27.5 Å². The van der Waals surface area contributed by atoms with Crippen molar-refractivity contribution in [1.82, 2.24) is 14.9 Å². The Kier molecular flexibility index (Phi) is 5.86. The minimum Gasteiger partial charge on any atom is -0.444 e. The minimum absolute atomic E-state index is 0.0106. The Bertz CT molecular complexity index is 873. The maximum Gasteiger partial charge on any atom is 0.408 e. The van der Waals surface area contributed by atoms with Gasteiger partial charge in [0.2, 0.25) is 0 Å². The Morgan fingerprint density at radius 3 is 2.65 bits per heavy atom. The summed E-state index contributed by atoms with van der Waals surface area (Å²) in [6.45, 7) is 5.08. The van der Waals surface area contributed by atoms with Gasteiger partial charge in [-0.2, -0.15) is 18.3 Å². The lowest BCUT2D eigenvalue weighted by atomic mass is 10.1. The van der Waals surface area contributed by atoms with Crippen LogP contribution >= 0.6 is 15.9 Å². The van der Waals surface area contributed by atoms with E-state index >= 15 is 0 Å². The molecule has 0 aliphatic heterocycles. The fourth-order valence-electron chi connectivity index (χ4n) is 2.12. The van der Waals surface area contributed by atoms with Gasteiger partial charge in [0.15, 0.2) is 0 Å². The number of aromatic nitrogens is 2. The van der Waals surface area contributed by atoms with Crippen molar-refractivity contribution in [3.63, 3.8) is 0 Å². The average molecular weight is 432 g/mol. The molecule has 9 heteroatoms. The summed E-state index contributed by atoms with van der Waals surface area (Å²) in [7, 11) is 0. The van der Waals surface area contributed by atoms with E-state index < -0.39 is 24.3 Å². The number of carbonyl (C=O) groups excluding carboxylic acids is 1. The van der Waals surface area contributed by atoms with Crippen LogP contribution in [0.15, 0.2) is 22.8 Å². The van der Waals surface area contributed by atoms with Crippen molar-refractivity contribution in [2.75, 3.05) is 6.54 Å². The first-order valence-corrected chi connectivity index (χ1v) is 8.44. The molecule has 2 heterocycles. The summed E-state index contributed by atoms with van der Waals surface area (Å²) in [5, 5.41) is 6.55. The average Bonchev–Trinajstić information content (AvgIpc) is 2.80. The van der Waals surface area contributed by atoms with Gasteiger partial charge in [0.25, 0.3) is 0 Å². The van der Waals surface area contributed by atoms with Gasteiger partial charge in [-0.15, -0.1) is 0 Å². The molecule has 1 N–H and O–H groups in total. The first-order chi connectivity index (χ1) is 12.0. The number of hydrogen-bond donors (Lipinski definition) is 1. The van der Waals surface area contributed by atoms with Crippen LogP contribution in [0.2, 0.25) is 0 Å². The molecule has 26 heavy (non-hydrogen) atoms. The molecule has 0 atom stereocenters. The third-order valence-electron chi connectivity index (χ3n) is 3.02. The summed E-state index contributed by atoms with van der Waals surface area (Å²) in [6.07, 6.45) is -6.19. The third kappa shape index (κ3) is 5.66. The summed E-state index contributed by atoms with van der Waals surface area (Å²) >= 11 is 3.25. The monoisotopic (exact) mass is 431 g/mol. The van der Waals surface area contributed by atoms with Crippen LogP contribution in [0.4, 0.5) is 18.0 Å². The van der Waals surface area contributed by atoms with Crippen LogP contribution in [0.1, 0.15) is 32.0 Å². The molecule has 1 amide bonds. The Morgan fingerprint density at radius 2 is 2.04 bits per heavy atom. The number of hydrogen-bond acceptors (Lipinski definition) is 3. The van der Waals surface area contributed by atoms with E-state index in [1.54, 1.807) is 39.0 Å². The molecular formula is C17H17BrF3N3O2. The van der Waals surface area contributed by atoms with Crippen molar-refractivity contribution in [2.24, 2.45) is 0 Å². The molecule has 0 saturated heterocycles. The van der Waals surface area contributed by atoms with E-state index in [-0.39, 0.29) is 17.8 Å². The van der Waals surface area contributed by atoms with Crippen LogP contribution < -0.4 is 5.32 Å². The fraction of sp³-hybridized carbons (Fsp3) is 0.412. The first-order valence-electron chi connectivity index (χ1n) is 7.65. The molecule has 0 spiro atoms. The standard InChI is InChI=1S/C17H17BrF3N3O2/c1-16(2,3)26-15(25)22-9-5-6-12-11(10-17(19,20)21)13-7-4-8-14(18)24(13)23-12/h4,7-8H,9-10H2,1-3H3,(H,22,25). The van der Waals surface area contributed by atoms with E-state index in [0.29, 0.717) is 10.1 Å². The van der Waals surface area contributed by atoms with Crippen LogP contribution in [0, 0.1) is 11.8 Å². The Balaban J connectivity index is 2.23. The smallest absolute Gasteiger partial charge is 0.408 e. The molecule has 0 aliphatic carbocycles. The summed E-state index contributed by atoms with van der Waals surface area (Å²) in [4.78, 5) is 11.5. The number of pyridine rings is 1. The van der Waals surface area contributed by atoms with Crippen molar-refractivity contribution in [1.29, 1.82) is 0 Å². The second-order valence-corrected chi connectivity index (χ2v) is 7.23. The largest absolute Gasteiger partial charge is 0.444 e. The van der Waals surface area contributed by atoms with Crippen LogP contribution in [0.25, 0.3) is 5.52 Å². The topological polar surface area (TPSA) is 55.6 Å². The molecule has 2 aromatic heterocycles. The van der Waals surface area contributed by atoms with Gasteiger partial charge in [-0.05, 0) is 54.8 Å². The summed E-state index contributed by atoms with van der Waals surface area (Å²) in [6, 6.07) is 4.84.